The summed E-state index contributed by atoms with van der Waals surface area (Å²) in [7, 11) is 2.04. The van der Waals surface area contributed by atoms with Gasteiger partial charge in [0.2, 0.25) is 0 Å². The van der Waals surface area contributed by atoms with Crippen LogP contribution < -0.4 is 0 Å². The Balaban J connectivity index is 2.39. The zero-order valence-corrected chi connectivity index (χ0v) is 5.46. The van der Waals surface area contributed by atoms with Crippen LogP contribution in [-0.4, -0.2) is 35.7 Å². The van der Waals surface area contributed by atoms with Crippen LogP contribution in [0.25, 0.3) is 0 Å². The average Bonchev–Trinajstić information content (AvgIpc) is 1.85. The maximum absolute atomic E-state index is 9.03. The molecule has 2 nitrogen and oxygen atoms in total. The fraction of sp³-hybridized carbons (Fsp3) is 1.00. The van der Waals surface area contributed by atoms with Crippen molar-refractivity contribution in [3.63, 3.8) is 0 Å². The van der Waals surface area contributed by atoms with Gasteiger partial charge in [-0.3, -0.25) is 0 Å². The highest BCUT2D eigenvalue weighted by Crippen LogP contribution is 2.13. The molecule has 0 radical (unpaired) electrons. The molecule has 8 heavy (non-hydrogen) atoms. The van der Waals surface area contributed by atoms with Crippen molar-refractivity contribution in [3.05, 3.63) is 0 Å². The normalized spacial score (nSPS) is 40.9. The van der Waals surface area contributed by atoms with Crippen molar-refractivity contribution in [1.82, 2.24) is 4.90 Å². The number of β-amino-alcohol motifs (C(OH)–C–C–N with tert-alkyl or cyclic N) is 1. The summed E-state index contributed by atoms with van der Waals surface area (Å²) in [5.74, 6) is 0. The van der Waals surface area contributed by atoms with E-state index in [-0.39, 0.29) is 6.10 Å². The largest absolute Gasteiger partial charge is 0.392 e. The molecule has 1 aliphatic heterocycles. The van der Waals surface area contributed by atoms with Gasteiger partial charge in [-0.2, -0.15) is 0 Å². The number of nitrogens with zero attached hydrogens (tertiary/aromatic N) is 1. The molecule has 1 saturated heterocycles. The molecule has 1 aliphatic rings. The van der Waals surface area contributed by atoms with E-state index in [0.29, 0.717) is 6.04 Å². The van der Waals surface area contributed by atoms with Crippen molar-refractivity contribution in [2.75, 3.05) is 13.6 Å². The van der Waals surface area contributed by atoms with Crippen LogP contribution >= 0.6 is 0 Å². The Kier molecular flexibility index (Phi) is 1.54. The third-order valence-electron chi connectivity index (χ3n) is 1.86. The summed E-state index contributed by atoms with van der Waals surface area (Å²) in [4.78, 5) is 2.17. The van der Waals surface area contributed by atoms with Crippen molar-refractivity contribution in [3.8, 4) is 0 Å². The smallest absolute Gasteiger partial charge is 0.0681 e. The van der Waals surface area contributed by atoms with E-state index in [1.165, 1.54) is 0 Å². The molecule has 2 heteroatoms. The highest BCUT2D eigenvalue weighted by Gasteiger charge is 2.23. The number of aliphatic hydroxyl groups is 1. The van der Waals surface area contributed by atoms with E-state index < -0.39 is 0 Å². The molecule has 0 amide bonds. The topological polar surface area (TPSA) is 23.5 Å². The lowest BCUT2D eigenvalue weighted by Crippen LogP contribution is -2.21. The monoisotopic (exact) mass is 115 g/mol. The van der Waals surface area contributed by atoms with Crippen molar-refractivity contribution in [2.24, 2.45) is 0 Å². The van der Waals surface area contributed by atoms with Gasteiger partial charge in [0.05, 0.1) is 6.10 Å². The first-order valence-electron chi connectivity index (χ1n) is 3.08. The fourth-order valence-electron chi connectivity index (χ4n) is 1.16. The zero-order chi connectivity index (χ0) is 6.15. The molecule has 0 spiro atoms. The van der Waals surface area contributed by atoms with Crippen molar-refractivity contribution in [1.29, 1.82) is 0 Å². The van der Waals surface area contributed by atoms with Crippen LogP contribution in [0.5, 0.6) is 0 Å². The maximum atomic E-state index is 9.03. The molecule has 0 aromatic rings. The molecule has 0 aromatic heterocycles. The van der Waals surface area contributed by atoms with Crippen LogP contribution in [0.4, 0.5) is 0 Å². The predicted octanol–water partition coefficient (Wildman–Crippen LogP) is 0.0713. The van der Waals surface area contributed by atoms with Crippen LogP contribution in [0.2, 0.25) is 0 Å². The van der Waals surface area contributed by atoms with E-state index in [1.54, 1.807) is 0 Å². The van der Waals surface area contributed by atoms with Gasteiger partial charge in [0.15, 0.2) is 0 Å². The van der Waals surface area contributed by atoms with E-state index in [0.717, 1.165) is 13.0 Å². The molecule has 2 atom stereocenters. The van der Waals surface area contributed by atoms with Crippen LogP contribution in [0.1, 0.15) is 13.3 Å². The maximum Gasteiger partial charge on any atom is 0.0681 e. The van der Waals surface area contributed by atoms with Crippen molar-refractivity contribution < 1.29 is 5.11 Å². The van der Waals surface area contributed by atoms with Gasteiger partial charge in [0.25, 0.3) is 0 Å². The lowest BCUT2D eigenvalue weighted by Gasteiger charge is -2.11. The molecule has 1 N–H and O–H groups in total. The summed E-state index contributed by atoms with van der Waals surface area (Å²) < 4.78 is 0. The summed E-state index contributed by atoms with van der Waals surface area (Å²) >= 11 is 0. The minimum absolute atomic E-state index is 0.0741. The fourth-order valence-corrected chi connectivity index (χ4v) is 1.16. The number of likely N-dealkylation sites (N-methyl/N-ethyl adjacent to an activating group) is 1. The Hall–Kier alpha value is -0.0800. The molecule has 0 bridgehead atoms. The molecule has 0 saturated carbocycles. The summed E-state index contributed by atoms with van der Waals surface area (Å²) in [6.45, 7) is 2.98. The van der Waals surface area contributed by atoms with Gasteiger partial charge in [-0.1, -0.05) is 0 Å². The highest BCUT2D eigenvalue weighted by molar-refractivity contribution is 4.78. The SMILES string of the molecule is CC1C[C@H](O)CN1C. The third kappa shape index (κ3) is 1.01. The number of hydrogen-bond acceptors (Lipinski definition) is 2. The van der Waals surface area contributed by atoms with Crippen LogP contribution in [-0.2, 0) is 0 Å². The Morgan fingerprint density at radius 2 is 2.25 bits per heavy atom. The van der Waals surface area contributed by atoms with Crippen LogP contribution in [0.15, 0.2) is 0 Å². The number of rotatable bonds is 0. The molecule has 1 heterocycles. The molecular weight excluding hydrogens is 102 g/mol. The van der Waals surface area contributed by atoms with E-state index in [9.17, 15) is 0 Å². The Morgan fingerprint density at radius 1 is 1.62 bits per heavy atom. The molecule has 1 fully saturated rings. The van der Waals surface area contributed by atoms with Crippen molar-refractivity contribution >= 4 is 0 Å². The Bertz CT molecular complexity index is 74.6. The van der Waals surface area contributed by atoms with E-state index in [4.69, 9.17) is 5.11 Å². The van der Waals surface area contributed by atoms with E-state index >= 15 is 0 Å². The van der Waals surface area contributed by atoms with E-state index in [2.05, 4.69) is 11.8 Å². The van der Waals surface area contributed by atoms with Gasteiger partial charge in [-0.05, 0) is 20.4 Å². The number of aliphatic hydroxyl groups excluding tert-OH is 1. The van der Waals surface area contributed by atoms with Crippen LogP contribution in [0.3, 0.4) is 0 Å². The highest BCUT2D eigenvalue weighted by atomic mass is 16.3. The first-order valence-corrected chi connectivity index (χ1v) is 3.08. The van der Waals surface area contributed by atoms with E-state index in [1.807, 2.05) is 7.05 Å². The summed E-state index contributed by atoms with van der Waals surface area (Å²) in [6.07, 6.45) is 0.867. The van der Waals surface area contributed by atoms with Gasteiger partial charge < -0.3 is 10.0 Å². The average molecular weight is 115 g/mol. The van der Waals surface area contributed by atoms with Gasteiger partial charge in [0, 0.05) is 12.6 Å². The van der Waals surface area contributed by atoms with Crippen molar-refractivity contribution in [2.45, 2.75) is 25.5 Å². The van der Waals surface area contributed by atoms with Gasteiger partial charge in [-0.25, -0.2) is 0 Å². The standard InChI is InChI=1S/C6H13NO/c1-5-3-6(8)4-7(5)2/h5-6,8H,3-4H2,1-2H3/t5?,6-/m0/s1. The molecule has 48 valence electrons. The zero-order valence-electron chi connectivity index (χ0n) is 5.46. The number of hydrogen-bond donors (Lipinski definition) is 1. The first-order chi connectivity index (χ1) is 3.70. The summed E-state index contributed by atoms with van der Waals surface area (Å²) in [5, 5.41) is 9.03. The molecule has 0 aromatic carbocycles. The van der Waals surface area contributed by atoms with Gasteiger partial charge in [-0.15, -0.1) is 0 Å². The van der Waals surface area contributed by atoms with Crippen LogP contribution in [0, 0.1) is 0 Å². The van der Waals surface area contributed by atoms with Gasteiger partial charge in [0.1, 0.15) is 0 Å². The second kappa shape index (κ2) is 2.03. The lowest BCUT2D eigenvalue weighted by molar-refractivity contribution is 0.182. The quantitative estimate of drug-likeness (QED) is 0.483. The predicted molar refractivity (Wildman–Crippen MR) is 32.7 cm³/mol. The number of likely N-dealkylation sites (tertiary alicyclic amines) is 1. The molecular formula is C6H13NO. The second-order valence-corrected chi connectivity index (χ2v) is 2.68. The lowest BCUT2D eigenvalue weighted by atomic mass is 10.2. The first kappa shape index (κ1) is 6.05. The third-order valence-corrected chi connectivity index (χ3v) is 1.86. The Labute approximate surface area is 50.1 Å². The minimum atomic E-state index is -0.0741. The summed E-state index contributed by atoms with van der Waals surface area (Å²) in [6, 6.07) is 0.574. The molecule has 1 rings (SSSR count). The Morgan fingerprint density at radius 3 is 2.38 bits per heavy atom. The van der Waals surface area contributed by atoms with Gasteiger partial charge >= 0.3 is 0 Å². The second-order valence-electron chi connectivity index (χ2n) is 2.68. The molecule has 1 unspecified atom stereocenters. The summed E-state index contributed by atoms with van der Waals surface area (Å²) in [5.41, 5.74) is 0. The molecule has 0 aliphatic carbocycles. The minimum Gasteiger partial charge on any atom is -0.392 e.